The Bertz CT molecular complexity index is 613. The lowest BCUT2D eigenvalue weighted by Crippen LogP contribution is -2.53. The first-order chi connectivity index (χ1) is 11.0. The van der Waals surface area contributed by atoms with Crippen molar-refractivity contribution in [1.82, 2.24) is 20.0 Å². The minimum atomic E-state index is -0.286. The number of aliphatic hydroxyl groups excluding tert-OH is 1. The molecule has 0 aromatic carbocycles. The SMILES string of the molecule is CC(O)CN1CCN(C(C)c2nnc(-c3cccs3)o2)CC1C. The Labute approximate surface area is 140 Å². The highest BCUT2D eigenvalue weighted by Crippen LogP contribution is 2.28. The van der Waals surface area contributed by atoms with E-state index in [0.717, 1.165) is 31.1 Å². The number of thiophene rings is 1. The van der Waals surface area contributed by atoms with Gasteiger partial charge in [-0.05, 0) is 32.2 Å². The largest absolute Gasteiger partial charge is 0.418 e. The Hall–Kier alpha value is -1.28. The van der Waals surface area contributed by atoms with Crippen molar-refractivity contribution in [2.24, 2.45) is 0 Å². The van der Waals surface area contributed by atoms with Gasteiger partial charge in [0.2, 0.25) is 5.89 Å². The van der Waals surface area contributed by atoms with Crippen LogP contribution in [0.3, 0.4) is 0 Å². The third-order valence-electron chi connectivity index (χ3n) is 4.37. The van der Waals surface area contributed by atoms with Gasteiger partial charge < -0.3 is 9.52 Å². The summed E-state index contributed by atoms with van der Waals surface area (Å²) in [4.78, 5) is 5.71. The van der Waals surface area contributed by atoms with Crippen LogP contribution in [0.4, 0.5) is 0 Å². The fourth-order valence-electron chi connectivity index (χ4n) is 3.05. The van der Waals surface area contributed by atoms with Gasteiger partial charge in [0.05, 0.1) is 17.0 Å². The van der Waals surface area contributed by atoms with Crippen molar-refractivity contribution in [3.8, 4) is 10.8 Å². The van der Waals surface area contributed by atoms with Gasteiger partial charge in [-0.2, -0.15) is 0 Å². The third-order valence-corrected chi connectivity index (χ3v) is 5.23. The number of hydrogen-bond acceptors (Lipinski definition) is 7. The molecule has 1 N–H and O–H groups in total. The van der Waals surface area contributed by atoms with Crippen LogP contribution < -0.4 is 0 Å². The summed E-state index contributed by atoms with van der Waals surface area (Å²) in [5.41, 5.74) is 0. The van der Waals surface area contributed by atoms with Gasteiger partial charge in [0.15, 0.2) is 0 Å². The monoisotopic (exact) mass is 336 g/mol. The number of rotatable bonds is 5. The molecule has 1 aliphatic heterocycles. The van der Waals surface area contributed by atoms with Gasteiger partial charge in [-0.3, -0.25) is 9.80 Å². The maximum atomic E-state index is 9.58. The second-order valence-electron chi connectivity index (χ2n) is 6.29. The van der Waals surface area contributed by atoms with E-state index < -0.39 is 0 Å². The summed E-state index contributed by atoms with van der Waals surface area (Å²) in [7, 11) is 0. The van der Waals surface area contributed by atoms with Gasteiger partial charge in [0.1, 0.15) is 0 Å². The van der Waals surface area contributed by atoms with Crippen LogP contribution in [-0.2, 0) is 0 Å². The number of hydrogen-bond donors (Lipinski definition) is 1. The number of β-amino-alcohol motifs (C(OH)–C–C–N with tert-alkyl or cyclic N) is 1. The second-order valence-corrected chi connectivity index (χ2v) is 7.23. The van der Waals surface area contributed by atoms with E-state index in [4.69, 9.17) is 4.42 Å². The summed E-state index contributed by atoms with van der Waals surface area (Å²) in [6.07, 6.45) is -0.286. The van der Waals surface area contributed by atoms with Crippen LogP contribution in [0.1, 0.15) is 32.7 Å². The zero-order valence-electron chi connectivity index (χ0n) is 13.8. The normalized spacial score (nSPS) is 23.0. The molecule has 1 fully saturated rings. The van der Waals surface area contributed by atoms with Crippen molar-refractivity contribution in [2.45, 2.75) is 39.0 Å². The number of aliphatic hydroxyl groups is 1. The quantitative estimate of drug-likeness (QED) is 0.903. The van der Waals surface area contributed by atoms with Gasteiger partial charge >= 0.3 is 0 Å². The molecule has 0 saturated carbocycles. The van der Waals surface area contributed by atoms with Gasteiger partial charge in [0, 0.05) is 32.2 Å². The van der Waals surface area contributed by atoms with E-state index in [9.17, 15) is 5.11 Å². The molecule has 0 spiro atoms. The van der Waals surface area contributed by atoms with Crippen molar-refractivity contribution in [3.63, 3.8) is 0 Å². The Morgan fingerprint density at radius 1 is 1.39 bits per heavy atom. The highest BCUT2D eigenvalue weighted by molar-refractivity contribution is 7.13. The van der Waals surface area contributed by atoms with Crippen LogP contribution in [0.15, 0.2) is 21.9 Å². The number of aromatic nitrogens is 2. The Balaban J connectivity index is 1.64. The zero-order chi connectivity index (χ0) is 16.4. The molecule has 2 aromatic heterocycles. The first-order valence-electron chi connectivity index (χ1n) is 8.08. The molecule has 2 aromatic rings. The Morgan fingerprint density at radius 3 is 2.87 bits per heavy atom. The maximum absolute atomic E-state index is 9.58. The smallest absolute Gasteiger partial charge is 0.257 e. The van der Waals surface area contributed by atoms with Crippen LogP contribution in [-0.4, -0.2) is 63.4 Å². The summed E-state index contributed by atoms with van der Waals surface area (Å²) in [5.74, 6) is 1.27. The van der Waals surface area contributed by atoms with E-state index in [1.807, 2.05) is 24.4 Å². The number of piperazine rings is 1. The molecule has 6 nitrogen and oxygen atoms in total. The summed E-state index contributed by atoms with van der Waals surface area (Å²) in [6.45, 7) is 9.70. The van der Waals surface area contributed by atoms with E-state index in [-0.39, 0.29) is 12.1 Å². The molecule has 0 aliphatic carbocycles. The van der Waals surface area contributed by atoms with Crippen LogP contribution in [0.2, 0.25) is 0 Å². The molecule has 23 heavy (non-hydrogen) atoms. The topological polar surface area (TPSA) is 65.6 Å². The first-order valence-corrected chi connectivity index (χ1v) is 8.96. The second kappa shape index (κ2) is 7.09. The molecular weight excluding hydrogens is 312 g/mol. The maximum Gasteiger partial charge on any atom is 0.257 e. The van der Waals surface area contributed by atoms with Gasteiger partial charge in [0.25, 0.3) is 5.89 Å². The van der Waals surface area contributed by atoms with Crippen molar-refractivity contribution < 1.29 is 9.52 Å². The molecule has 1 aliphatic rings. The summed E-state index contributed by atoms with van der Waals surface area (Å²) in [6, 6.07) is 4.48. The molecule has 3 unspecified atom stereocenters. The van der Waals surface area contributed by atoms with Crippen molar-refractivity contribution in [2.75, 3.05) is 26.2 Å². The Morgan fingerprint density at radius 2 is 2.22 bits per heavy atom. The van der Waals surface area contributed by atoms with Gasteiger partial charge in [-0.15, -0.1) is 21.5 Å². The molecular formula is C16H24N4O2S. The molecule has 3 atom stereocenters. The van der Waals surface area contributed by atoms with E-state index in [1.165, 1.54) is 0 Å². The predicted molar refractivity (Wildman–Crippen MR) is 90.3 cm³/mol. The van der Waals surface area contributed by atoms with Crippen LogP contribution in [0, 0.1) is 0 Å². The number of nitrogens with zero attached hydrogens (tertiary/aromatic N) is 4. The van der Waals surface area contributed by atoms with E-state index in [2.05, 4.69) is 33.8 Å². The van der Waals surface area contributed by atoms with Crippen LogP contribution in [0.5, 0.6) is 0 Å². The van der Waals surface area contributed by atoms with Gasteiger partial charge in [-0.1, -0.05) is 6.07 Å². The molecule has 3 rings (SSSR count). The van der Waals surface area contributed by atoms with Crippen LogP contribution in [0.25, 0.3) is 10.8 Å². The van der Waals surface area contributed by atoms with E-state index >= 15 is 0 Å². The highest BCUT2D eigenvalue weighted by Gasteiger charge is 2.30. The summed E-state index contributed by atoms with van der Waals surface area (Å²) < 4.78 is 5.86. The standard InChI is InChI=1S/C16H24N4O2S/c1-11-9-20(7-6-19(11)10-12(2)21)13(3)15-17-18-16(22-15)14-5-4-8-23-14/h4-5,8,11-13,21H,6-7,9-10H2,1-3H3. The first kappa shape index (κ1) is 16.6. The lowest BCUT2D eigenvalue weighted by Gasteiger charge is -2.42. The summed E-state index contributed by atoms with van der Waals surface area (Å²) >= 11 is 1.60. The van der Waals surface area contributed by atoms with Gasteiger partial charge in [-0.25, -0.2) is 0 Å². The average Bonchev–Trinajstić information content (AvgIpc) is 3.18. The van der Waals surface area contributed by atoms with E-state index in [1.54, 1.807) is 11.3 Å². The average molecular weight is 336 g/mol. The Kier molecular flexibility index (Phi) is 5.11. The van der Waals surface area contributed by atoms with E-state index in [0.29, 0.717) is 17.8 Å². The van der Waals surface area contributed by atoms with Crippen molar-refractivity contribution in [3.05, 3.63) is 23.4 Å². The molecule has 0 radical (unpaired) electrons. The lowest BCUT2D eigenvalue weighted by atomic mass is 10.1. The molecule has 1 saturated heterocycles. The molecule has 0 bridgehead atoms. The minimum absolute atomic E-state index is 0.104. The van der Waals surface area contributed by atoms with Crippen molar-refractivity contribution >= 4 is 11.3 Å². The molecule has 7 heteroatoms. The highest BCUT2D eigenvalue weighted by atomic mass is 32.1. The van der Waals surface area contributed by atoms with Crippen LogP contribution >= 0.6 is 11.3 Å². The van der Waals surface area contributed by atoms with Crippen molar-refractivity contribution in [1.29, 1.82) is 0 Å². The molecule has 126 valence electrons. The molecule has 0 amide bonds. The third kappa shape index (κ3) is 3.80. The fourth-order valence-corrected chi connectivity index (χ4v) is 3.69. The lowest BCUT2D eigenvalue weighted by molar-refractivity contribution is 0.0257. The summed E-state index contributed by atoms with van der Waals surface area (Å²) in [5, 5.41) is 20.0. The molecule has 3 heterocycles. The zero-order valence-corrected chi connectivity index (χ0v) is 14.7. The predicted octanol–water partition coefficient (Wildman–Crippen LogP) is 2.25. The minimum Gasteiger partial charge on any atom is -0.418 e. The fraction of sp³-hybridized carbons (Fsp3) is 0.625.